The molecule has 0 saturated heterocycles. The Morgan fingerprint density at radius 3 is 1.52 bits per heavy atom. The highest BCUT2D eigenvalue weighted by Crippen LogP contribution is 2.52. The Hall–Kier alpha value is -8.53. The van der Waals surface area contributed by atoms with Crippen LogP contribution in [0, 0.1) is 6.92 Å². The van der Waals surface area contributed by atoms with Crippen LogP contribution < -0.4 is 0 Å². The second kappa shape index (κ2) is 15.0. The fourth-order valence-corrected chi connectivity index (χ4v) is 10.8. The van der Waals surface area contributed by atoms with Crippen molar-refractivity contribution < 1.29 is 0 Å². The highest BCUT2D eigenvalue weighted by atomic mass is 14.9. The number of hydrogen-bond donors (Lipinski definition) is 0. The number of rotatable bonds is 7. The lowest BCUT2D eigenvalue weighted by Gasteiger charge is -2.18. The van der Waals surface area contributed by atoms with Gasteiger partial charge < -0.3 is 0 Å². The molecule has 2 aliphatic carbocycles. The summed E-state index contributed by atoms with van der Waals surface area (Å²) in [5.74, 6) is 0.668. The lowest BCUT2D eigenvalue weighted by Crippen LogP contribution is -1.99. The van der Waals surface area contributed by atoms with Gasteiger partial charge in [0, 0.05) is 27.8 Å². The predicted molar refractivity (Wildman–Crippen MR) is 283 cm³/mol. The van der Waals surface area contributed by atoms with Crippen LogP contribution >= 0.6 is 0 Å². The molecule has 0 fully saturated rings. The maximum Gasteiger partial charge on any atom is 0.160 e. The van der Waals surface area contributed by atoms with Gasteiger partial charge in [-0.15, -0.1) is 0 Å². The number of aromatic nitrogens is 2. The molecule has 0 atom stereocenters. The molecule has 10 aromatic carbocycles. The van der Waals surface area contributed by atoms with E-state index in [0.29, 0.717) is 5.82 Å². The number of benzene rings is 10. The van der Waals surface area contributed by atoms with Gasteiger partial charge in [-0.2, -0.15) is 0 Å². The molecule has 11 aromatic rings. The van der Waals surface area contributed by atoms with Gasteiger partial charge in [0.2, 0.25) is 0 Å². The number of hydrogen-bond acceptors (Lipinski definition) is 3. The molecule has 314 valence electrons. The van der Waals surface area contributed by atoms with E-state index in [2.05, 4.69) is 215 Å². The molecule has 0 radical (unpaired) electrons. The van der Waals surface area contributed by atoms with Crippen molar-refractivity contribution in [3.8, 4) is 89.4 Å². The zero-order valence-electron chi connectivity index (χ0n) is 37.5. The topological polar surface area (TPSA) is 38.1 Å². The van der Waals surface area contributed by atoms with Crippen LogP contribution in [0.15, 0.2) is 206 Å². The Morgan fingerprint density at radius 2 is 0.910 bits per heavy atom. The van der Waals surface area contributed by atoms with Crippen molar-refractivity contribution >= 4 is 49.4 Å². The van der Waals surface area contributed by atoms with E-state index in [1.165, 1.54) is 71.6 Å². The standard InChI is InChI=1S/C64H43N3/c1-37(2)40-23-27-42(28-24-40)62-58-36-44(45-31-33-55-48-16-8-6-14-46(48)52-19-11-18-51(45)60(52)55)35-57(50-32-34-56-49-17-9-7-15-47(49)53-20-12-21-54(50)61(53)56)63(58)67-64(66-62)43-29-25-41(26-30-43)39(4)65-59-22-10-5-13-38(59)3/h5-36H,1H2,2-4H3/b65-39+. The van der Waals surface area contributed by atoms with E-state index in [1.54, 1.807) is 0 Å². The summed E-state index contributed by atoms with van der Waals surface area (Å²) in [6, 6.07) is 70.6. The maximum atomic E-state index is 5.62. The molecule has 0 unspecified atom stereocenters. The van der Waals surface area contributed by atoms with Crippen molar-refractivity contribution in [3.05, 3.63) is 217 Å². The van der Waals surface area contributed by atoms with Crippen molar-refractivity contribution in [2.24, 2.45) is 4.99 Å². The number of aryl methyl sites for hydroxylation is 1. The molecule has 0 aliphatic heterocycles. The summed E-state index contributed by atoms with van der Waals surface area (Å²) < 4.78 is 0. The quantitative estimate of drug-likeness (QED) is 0.150. The normalized spacial score (nSPS) is 12.3. The second-order valence-corrected chi connectivity index (χ2v) is 18.1. The van der Waals surface area contributed by atoms with Crippen molar-refractivity contribution in [1.82, 2.24) is 9.97 Å². The Balaban J connectivity index is 1.08. The summed E-state index contributed by atoms with van der Waals surface area (Å²) in [5.41, 5.74) is 24.8. The van der Waals surface area contributed by atoms with Gasteiger partial charge >= 0.3 is 0 Å². The molecular formula is C64H43N3. The summed E-state index contributed by atoms with van der Waals surface area (Å²) in [6.45, 7) is 10.5. The molecule has 0 amide bonds. The molecular weight excluding hydrogens is 811 g/mol. The van der Waals surface area contributed by atoms with E-state index < -0.39 is 0 Å². The molecule has 0 spiro atoms. The molecule has 0 N–H and O–H groups in total. The minimum Gasteiger partial charge on any atom is -0.253 e. The average molecular weight is 854 g/mol. The summed E-state index contributed by atoms with van der Waals surface area (Å²) in [4.78, 5) is 16.2. The zero-order valence-corrected chi connectivity index (χ0v) is 37.5. The van der Waals surface area contributed by atoms with E-state index in [1.807, 2.05) is 6.07 Å². The van der Waals surface area contributed by atoms with E-state index in [-0.39, 0.29) is 0 Å². The first-order chi connectivity index (χ1) is 32.9. The van der Waals surface area contributed by atoms with Gasteiger partial charge in [-0.05, 0) is 138 Å². The molecule has 67 heavy (non-hydrogen) atoms. The van der Waals surface area contributed by atoms with Crippen molar-refractivity contribution in [3.63, 3.8) is 0 Å². The lowest BCUT2D eigenvalue weighted by molar-refractivity contribution is 1.23. The third-order valence-corrected chi connectivity index (χ3v) is 14.1. The molecule has 3 nitrogen and oxygen atoms in total. The maximum absolute atomic E-state index is 5.62. The molecule has 3 heteroatoms. The minimum absolute atomic E-state index is 0.668. The minimum atomic E-state index is 0.668. The number of para-hydroxylation sites is 1. The highest BCUT2D eigenvalue weighted by molar-refractivity contribution is 6.22. The van der Waals surface area contributed by atoms with Crippen LogP contribution in [0.3, 0.4) is 0 Å². The number of aliphatic imine (C=N–C) groups is 1. The monoisotopic (exact) mass is 853 g/mol. The third kappa shape index (κ3) is 6.09. The molecule has 0 saturated carbocycles. The van der Waals surface area contributed by atoms with E-state index in [9.17, 15) is 0 Å². The van der Waals surface area contributed by atoms with Gasteiger partial charge in [-0.25, -0.2) is 9.97 Å². The highest BCUT2D eigenvalue weighted by Gasteiger charge is 2.26. The van der Waals surface area contributed by atoms with Gasteiger partial charge in [-0.3, -0.25) is 4.99 Å². The number of nitrogens with zero attached hydrogens (tertiary/aromatic N) is 3. The molecule has 13 rings (SSSR count). The SMILES string of the molecule is C=C(C)c1ccc(-c2nc(-c3ccc(/C(C)=N/c4ccccc4C)cc3)nc3c(-c4ccc5c6c(cccc46)-c4ccccc4-5)cc(-c4ccc5c6c(cccc46)-c4ccccc4-5)cc23)cc1. The Morgan fingerprint density at radius 1 is 0.403 bits per heavy atom. The van der Waals surface area contributed by atoms with Gasteiger partial charge in [0.1, 0.15) is 0 Å². The summed E-state index contributed by atoms with van der Waals surface area (Å²) >= 11 is 0. The van der Waals surface area contributed by atoms with Gasteiger partial charge in [0.25, 0.3) is 0 Å². The molecule has 2 aliphatic rings. The van der Waals surface area contributed by atoms with Crippen LogP contribution in [0.4, 0.5) is 5.69 Å². The fraction of sp³-hybridized carbons (Fsp3) is 0.0469. The van der Waals surface area contributed by atoms with Crippen LogP contribution in [0.5, 0.6) is 0 Å². The molecule has 1 heterocycles. The first kappa shape index (κ1) is 38.9. The number of allylic oxidation sites excluding steroid dienone is 1. The first-order valence-electron chi connectivity index (χ1n) is 23.0. The van der Waals surface area contributed by atoms with Crippen LogP contribution in [0.1, 0.15) is 30.5 Å². The van der Waals surface area contributed by atoms with Gasteiger partial charge in [-0.1, -0.05) is 188 Å². The largest absolute Gasteiger partial charge is 0.253 e. The van der Waals surface area contributed by atoms with Gasteiger partial charge in [0.15, 0.2) is 5.82 Å². The predicted octanol–water partition coefficient (Wildman–Crippen LogP) is 17.4. The Bertz CT molecular complexity index is 3890. The fourth-order valence-electron chi connectivity index (χ4n) is 10.8. The van der Waals surface area contributed by atoms with Crippen molar-refractivity contribution in [1.29, 1.82) is 0 Å². The molecule has 0 bridgehead atoms. The van der Waals surface area contributed by atoms with Gasteiger partial charge in [0.05, 0.1) is 16.9 Å². The molecule has 1 aromatic heterocycles. The summed E-state index contributed by atoms with van der Waals surface area (Å²) in [6.07, 6.45) is 0. The number of fused-ring (bicyclic) bond motifs is 7. The van der Waals surface area contributed by atoms with Crippen molar-refractivity contribution in [2.75, 3.05) is 0 Å². The average Bonchev–Trinajstić information content (AvgIpc) is 3.88. The zero-order chi connectivity index (χ0) is 44.9. The van der Waals surface area contributed by atoms with E-state index in [4.69, 9.17) is 15.0 Å². The van der Waals surface area contributed by atoms with E-state index in [0.717, 1.165) is 78.1 Å². The Kier molecular flexibility index (Phi) is 8.72. The smallest absolute Gasteiger partial charge is 0.160 e. The lowest BCUT2D eigenvalue weighted by atomic mass is 9.88. The second-order valence-electron chi connectivity index (χ2n) is 18.1. The van der Waals surface area contributed by atoms with Crippen LogP contribution in [0.25, 0.3) is 127 Å². The Labute approximate surface area is 390 Å². The van der Waals surface area contributed by atoms with E-state index >= 15 is 0 Å². The summed E-state index contributed by atoms with van der Waals surface area (Å²) in [5, 5.41) is 6.02. The first-order valence-corrected chi connectivity index (χ1v) is 23.0. The summed E-state index contributed by atoms with van der Waals surface area (Å²) in [7, 11) is 0. The van der Waals surface area contributed by atoms with Crippen molar-refractivity contribution in [2.45, 2.75) is 20.8 Å². The van der Waals surface area contributed by atoms with Crippen LogP contribution in [0.2, 0.25) is 0 Å². The third-order valence-electron chi connectivity index (χ3n) is 14.1. The van der Waals surface area contributed by atoms with Crippen LogP contribution in [-0.2, 0) is 0 Å². The van der Waals surface area contributed by atoms with Crippen LogP contribution in [-0.4, -0.2) is 15.7 Å².